The Kier molecular flexibility index (Phi) is 5.69. The molecule has 0 saturated heterocycles. The van der Waals surface area contributed by atoms with E-state index >= 15 is 0 Å². The zero-order chi connectivity index (χ0) is 21.3. The van der Waals surface area contributed by atoms with Gasteiger partial charge in [-0.2, -0.15) is 5.10 Å². The van der Waals surface area contributed by atoms with Crippen molar-refractivity contribution in [3.05, 3.63) is 53.5 Å². The number of benzene rings is 1. The van der Waals surface area contributed by atoms with Crippen molar-refractivity contribution in [1.82, 2.24) is 24.5 Å². The molecule has 2 heterocycles. The minimum absolute atomic E-state index is 0.0669. The van der Waals surface area contributed by atoms with Crippen LogP contribution in [0.4, 0.5) is 5.82 Å². The van der Waals surface area contributed by atoms with Gasteiger partial charge in [0.25, 0.3) is 0 Å². The van der Waals surface area contributed by atoms with E-state index in [0.717, 1.165) is 36.1 Å². The van der Waals surface area contributed by atoms with E-state index in [1.54, 1.807) is 4.68 Å². The molecular formula is C22H28N6OS. The molecule has 1 amide bonds. The van der Waals surface area contributed by atoms with Crippen molar-refractivity contribution < 1.29 is 4.79 Å². The average molecular weight is 425 g/mol. The van der Waals surface area contributed by atoms with Gasteiger partial charge >= 0.3 is 0 Å². The fourth-order valence-electron chi connectivity index (χ4n) is 3.22. The number of nitrogens with zero attached hydrogens (tertiary/aromatic N) is 5. The maximum absolute atomic E-state index is 12.6. The predicted octanol–water partition coefficient (Wildman–Crippen LogP) is 3.97. The summed E-state index contributed by atoms with van der Waals surface area (Å²) in [5.74, 6) is 2.42. The minimum atomic E-state index is -0.0781. The van der Waals surface area contributed by atoms with Crippen molar-refractivity contribution in [2.75, 3.05) is 11.1 Å². The first-order valence-electron chi connectivity index (χ1n) is 10.3. The average Bonchev–Trinajstić information content (AvgIpc) is 3.36. The molecule has 0 aliphatic heterocycles. The lowest BCUT2D eigenvalue weighted by Crippen LogP contribution is -2.17. The third kappa shape index (κ3) is 4.75. The van der Waals surface area contributed by atoms with Gasteiger partial charge in [-0.15, -0.1) is 10.2 Å². The highest BCUT2D eigenvalue weighted by molar-refractivity contribution is 7.99. The van der Waals surface area contributed by atoms with E-state index in [-0.39, 0.29) is 17.1 Å². The number of carbonyl (C=O) groups is 1. The maximum atomic E-state index is 12.6. The second kappa shape index (κ2) is 8.26. The molecule has 0 spiro atoms. The zero-order valence-corrected chi connectivity index (χ0v) is 18.7. The molecule has 1 fully saturated rings. The van der Waals surface area contributed by atoms with Gasteiger partial charge in [0.15, 0.2) is 5.16 Å². The van der Waals surface area contributed by atoms with Gasteiger partial charge in [0.2, 0.25) is 5.91 Å². The van der Waals surface area contributed by atoms with Crippen molar-refractivity contribution in [1.29, 1.82) is 0 Å². The first-order valence-corrected chi connectivity index (χ1v) is 11.2. The Morgan fingerprint density at radius 1 is 1.20 bits per heavy atom. The molecule has 1 N–H and O–H groups in total. The molecular weight excluding hydrogens is 396 g/mol. The van der Waals surface area contributed by atoms with Crippen LogP contribution in [0, 0.1) is 0 Å². The van der Waals surface area contributed by atoms with Gasteiger partial charge in [0.05, 0.1) is 18.0 Å². The second-order valence-corrected chi connectivity index (χ2v) is 9.75. The highest BCUT2D eigenvalue weighted by Gasteiger charge is 2.30. The SMILES string of the molecule is Cn1nc(C(C)(C)C)cc1NC(=O)CSc1nnc(C2CC2)n1Cc1ccccc1. The van der Waals surface area contributed by atoms with Crippen LogP contribution in [0.15, 0.2) is 41.6 Å². The van der Waals surface area contributed by atoms with Crippen molar-refractivity contribution in [2.24, 2.45) is 7.05 Å². The summed E-state index contributed by atoms with van der Waals surface area (Å²) in [6.07, 6.45) is 2.32. The summed E-state index contributed by atoms with van der Waals surface area (Å²) < 4.78 is 3.87. The topological polar surface area (TPSA) is 77.6 Å². The lowest BCUT2D eigenvalue weighted by molar-refractivity contribution is -0.113. The van der Waals surface area contributed by atoms with E-state index < -0.39 is 0 Å². The Labute approximate surface area is 181 Å². The summed E-state index contributed by atoms with van der Waals surface area (Å²) in [6, 6.07) is 12.2. The first-order chi connectivity index (χ1) is 14.3. The number of amides is 1. The number of hydrogen-bond acceptors (Lipinski definition) is 5. The number of aryl methyl sites for hydroxylation is 1. The molecule has 1 aromatic carbocycles. The molecule has 1 saturated carbocycles. The van der Waals surface area contributed by atoms with Crippen LogP contribution >= 0.6 is 11.8 Å². The van der Waals surface area contributed by atoms with Crippen LogP contribution in [0.2, 0.25) is 0 Å². The molecule has 0 bridgehead atoms. The van der Waals surface area contributed by atoms with E-state index in [9.17, 15) is 4.79 Å². The molecule has 1 aliphatic carbocycles. The van der Waals surface area contributed by atoms with Crippen molar-refractivity contribution in [3.8, 4) is 0 Å². The van der Waals surface area contributed by atoms with Crippen LogP contribution in [-0.4, -0.2) is 36.2 Å². The van der Waals surface area contributed by atoms with Crippen molar-refractivity contribution >= 4 is 23.5 Å². The van der Waals surface area contributed by atoms with Crippen LogP contribution in [-0.2, 0) is 23.8 Å². The minimum Gasteiger partial charge on any atom is -0.310 e. The molecule has 0 unspecified atom stereocenters. The lowest BCUT2D eigenvalue weighted by Gasteiger charge is -2.13. The van der Waals surface area contributed by atoms with Gasteiger partial charge in [0.1, 0.15) is 11.6 Å². The smallest absolute Gasteiger partial charge is 0.235 e. The molecule has 1 aliphatic rings. The van der Waals surface area contributed by atoms with Crippen LogP contribution < -0.4 is 5.32 Å². The number of thioether (sulfide) groups is 1. The third-order valence-electron chi connectivity index (χ3n) is 5.12. The van der Waals surface area contributed by atoms with E-state index in [1.807, 2.05) is 31.3 Å². The van der Waals surface area contributed by atoms with Gasteiger partial charge in [-0.25, -0.2) is 0 Å². The number of aromatic nitrogens is 5. The van der Waals surface area contributed by atoms with Gasteiger partial charge in [-0.05, 0) is 18.4 Å². The molecule has 4 rings (SSSR count). The monoisotopic (exact) mass is 424 g/mol. The van der Waals surface area contributed by atoms with Crippen molar-refractivity contribution in [3.63, 3.8) is 0 Å². The number of carbonyl (C=O) groups excluding carboxylic acids is 1. The predicted molar refractivity (Wildman–Crippen MR) is 119 cm³/mol. The number of hydrogen-bond donors (Lipinski definition) is 1. The van der Waals surface area contributed by atoms with Crippen LogP contribution in [0.25, 0.3) is 0 Å². The number of rotatable bonds is 7. The largest absolute Gasteiger partial charge is 0.310 e. The second-order valence-electron chi connectivity index (χ2n) is 8.81. The quantitative estimate of drug-likeness (QED) is 0.581. The van der Waals surface area contributed by atoms with Gasteiger partial charge in [-0.3, -0.25) is 9.48 Å². The van der Waals surface area contributed by atoms with Crippen molar-refractivity contribution in [2.45, 2.75) is 56.6 Å². The van der Waals surface area contributed by atoms with Crippen LogP contribution in [0.1, 0.15) is 56.6 Å². The molecule has 0 atom stereocenters. The fourth-order valence-corrected chi connectivity index (χ4v) is 3.97. The zero-order valence-electron chi connectivity index (χ0n) is 17.9. The van der Waals surface area contributed by atoms with E-state index in [1.165, 1.54) is 17.3 Å². The molecule has 3 aromatic rings. The molecule has 8 heteroatoms. The van der Waals surface area contributed by atoms with E-state index in [0.29, 0.717) is 11.7 Å². The molecule has 0 radical (unpaired) electrons. The lowest BCUT2D eigenvalue weighted by atomic mass is 9.92. The summed E-state index contributed by atoms with van der Waals surface area (Å²) in [7, 11) is 1.84. The molecule has 30 heavy (non-hydrogen) atoms. The Morgan fingerprint density at radius 3 is 2.57 bits per heavy atom. The third-order valence-corrected chi connectivity index (χ3v) is 6.09. The Balaban J connectivity index is 1.44. The normalized spacial score (nSPS) is 14.1. The summed E-state index contributed by atoms with van der Waals surface area (Å²) in [5.41, 5.74) is 2.09. The number of anilines is 1. The Bertz CT molecular complexity index is 1030. The molecule has 158 valence electrons. The summed E-state index contributed by atoms with van der Waals surface area (Å²) in [6.45, 7) is 7.04. The summed E-state index contributed by atoms with van der Waals surface area (Å²) in [4.78, 5) is 12.6. The summed E-state index contributed by atoms with van der Waals surface area (Å²) >= 11 is 1.43. The highest BCUT2D eigenvalue weighted by Crippen LogP contribution is 2.40. The maximum Gasteiger partial charge on any atom is 0.235 e. The van der Waals surface area contributed by atoms with Gasteiger partial charge in [-0.1, -0.05) is 62.9 Å². The summed E-state index contributed by atoms with van der Waals surface area (Å²) in [5, 5.41) is 17.1. The fraction of sp³-hybridized carbons (Fsp3) is 0.455. The van der Waals surface area contributed by atoms with Gasteiger partial charge in [0, 0.05) is 24.4 Å². The first kappa shape index (κ1) is 20.7. The van der Waals surface area contributed by atoms with E-state index in [2.05, 4.69) is 58.1 Å². The number of nitrogens with one attached hydrogen (secondary N) is 1. The molecule has 2 aromatic heterocycles. The Morgan fingerprint density at radius 2 is 1.93 bits per heavy atom. The Hall–Kier alpha value is -2.61. The standard InChI is InChI=1S/C22H28N6OS/c1-22(2,3)17-12-18(27(4)26-17)23-19(29)14-30-21-25-24-20(16-10-11-16)28(21)13-15-8-6-5-7-9-15/h5-9,12,16H,10-11,13-14H2,1-4H3,(H,23,29). The van der Waals surface area contributed by atoms with Crippen LogP contribution in [0.3, 0.4) is 0 Å². The molecule has 7 nitrogen and oxygen atoms in total. The van der Waals surface area contributed by atoms with Gasteiger partial charge < -0.3 is 9.88 Å². The highest BCUT2D eigenvalue weighted by atomic mass is 32.2. The van der Waals surface area contributed by atoms with Crippen LogP contribution in [0.5, 0.6) is 0 Å². The van der Waals surface area contributed by atoms with E-state index in [4.69, 9.17) is 0 Å².